The highest BCUT2D eigenvalue weighted by Crippen LogP contribution is 2.22. The molecule has 134 valence electrons. The average Bonchev–Trinajstić information content (AvgIpc) is 3.25. The van der Waals surface area contributed by atoms with Crippen LogP contribution in [0.5, 0.6) is 0 Å². The topological polar surface area (TPSA) is 71.1 Å². The van der Waals surface area contributed by atoms with E-state index in [0.717, 1.165) is 5.56 Å². The van der Waals surface area contributed by atoms with Crippen molar-refractivity contribution in [3.63, 3.8) is 0 Å². The number of nitrogens with zero attached hydrogens (tertiary/aromatic N) is 1. The quantitative estimate of drug-likeness (QED) is 0.815. The first-order valence-electron chi connectivity index (χ1n) is 8.34. The lowest BCUT2D eigenvalue weighted by Gasteiger charge is -2.23. The largest absolute Gasteiger partial charge is 0.337 e. The van der Waals surface area contributed by atoms with Crippen molar-refractivity contribution < 1.29 is 18.5 Å². The summed E-state index contributed by atoms with van der Waals surface area (Å²) in [5.74, 6) is 0.239. The molecule has 1 aliphatic rings. The number of amides is 1. The van der Waals surface area contributed by atoms with Crippen LogP contribution in [0.2, 0.25) is 0 Å². The molecule has 2 aromatic rings. The van der Waals surface area contributed by atoms with Crippen LogP contribution in [0.25, 0.3) is 0 Å². The molecule has 0 aliphatic carbocycles. The van der Waals surface area contributed by atoms with E-state index >= 15 is 0 Å². The number of likely N-dealkylation sites (N-methyl/N-ethyl adjacent to an activating group) is 1. The van der Waals surface area contributed by atoms with Crippen molar-refractivity contribution in [3.05, 3.63) is 58.3 Å². The summed E-state index contributed by atoms with van der Waals surface area (Å²) in [5, 5.41) is 4.07. The van der Waals surface area contributed by atoms with E-state index in [1.165, 1.54) is 4.88 Å². The molecule has 5 nitrogen and oxygen atoms in total. The lowest BCUT2D eigenvalue weighted by atomic mass is 10.1. The van der Waals surface area contributed by atoms with Crippen LogP contribution in [-0.4, -0.2) is 50.4 Å². The highest BCUT2D eigenvalue weighted by Gasteiger charge is 2.33. The Morgan fingerprint density at radius 1 is 1.28 bits per heavy atom. The van der Waals surface area contributed by atoms with Crippen molar-refractivity contribution in [2.24, 2.45) is 0 Å². The SMILES string of the molecule is CN(C(=O)C[NH2+][C@@H](c1ccccc1)c1cccs1)[C@H]1CCS(=O)(=O)C1. The van der Waals surface area contributed by atoms with Crippen molar-refractivity contribution in [1.82, 2.24) is 4.90 Å². The molecule has 1 amide bonds. The number of sulfone groups is 1. The predicted molar refractivity (Wildman–Crippen MR) is 99.2 cm³/mol. The van der Waals surface area contributed by atoms with E-state index in [1.54, 1.807) is 23.3 Å². The van der Waals surface area contributed by atoms with Crippen molar-refractivity contribution in [1.29, 1.82) is 0 Å². The Balaban J connectivity index is 1.66. The zero-order valence-electron chi connectivity index (χ0n) is 14.2. The van der Waals surface area contributed by atoms with Crippen LogP contribution in [0, 0.1) is 0 Å². The maximum absolute atomic E-state index is 12.5. The molecule has 2 heterocycles. The molecule has 2 N–H and O–H groups in total. The minimum atomic E-state index is -2.99. The Kier molecular flexibility index (Phi) is 5.56. The normalized spacial score (nSPS) is 20.3. The fourth-order valence-corrected chi connectivity index (χ4v) is 5.82. The van der Waals surface area contributed by atoms with Gasteiger partial charge in [0.1, 0.15) is 6.04 Å². The van der Waals surface area contributed by atoms with Gasteiger partial charge in [0, 0.05) is 18.7 Å². The fraction of sp³-hybridized carbons (Fsp3) is 0.389. The van der Waals surface area contributed by atoms with Gasteiger partial charge in [-0.05, 0) is 17.9 Å². The Morgan fingerprint density at radius 2 is 2.04 bits per heavy atom. The number of carbonyl (C=O) groups is 1. The Labute approximate surface area is 152 Å². The van der Waals surface area contributed by atoms with Crippen molar-refractivity contribution in [2.45, 2.75) is 18.5 Å². The Morgan fingerprint density at radius 3 is 2.64 bits per heavy atom. The highest BCUT2D eigenvalue weighted by molar-refractivity contribution is 7.91. The zero-order valence-corrected chi connectivity index (χ0v) is 15.8. The first-order chi connectivity index (χ1) is 12.0. The molecule has 7 heteroatoms. The molecular formula is C18H23N2O3S2+. The van der Waals surface area contributed by atoms with Gasteiger partial charge >= 0.3 is 0 Å². The van der Waals surface area contributed by atoms with Crippen LogP contribution in [0.15, 0.2) is 47.8 Å². The van der Waals surface area contributed by atoms with E-state index in [4.69, 9.17) is 0 Å². The summed E-state index contributed by atoms with van der Waals surface area (Å²) in [6.45, 7) is 0.296. The molecular weight excluding hydrogens is 356 g/mol. The number of hydrogen-bond acceptors (Lipinski definition) is 4. The van der Waals surface area contributed by atoms with Gasteiger partial charge < -0.3 is 10.2 Å². The van der Waals surface area contributed by atoms with E-state index in [2.05, 4.69) is 18.2 Å². The minimum Gasteiger partial charge on any atom is -0.337 e. The molecule has 0 unspecified atom stereocenters. The summed E-state index contributed by atoms with van der Waals surface area (Å²) in [6, 6.07) is 14.1. The molecule has 3 rings (SSSR count). The van der Waals surface area contributed by atoms with Gasteiger partial charge in [-0.1, -0.05) is 36.4 Å². The zero-order chi connectivity index (χ0) is 17.9. The van der Waals surface area contributed by atoms with Crippen LogP contribution in [0.3, 0.4) is 0 Å². The lowest BCUT2D eigenvalue weighted by molar-refractivity contribution is -0.676. The second kappa shape index (κ2) is 7.68. The summed E-state index contributed by atoms with van der Waals surface area (Å²) in [7, 11) is -1.27. The first-order valence-corrected chi connectivity index (χ1v) is 11.0. The highest BCUT2D eigenvalue weighted by atomic mass is 32.2. The van der Waals surface area contributed by atoms with Crippen molar-refractivity contribution in [2.75, 3.05) is 25.1 Å². The number of quaternary nitrogens is 1. The lowest BCUT2D eigenvalue weighted by Crippen LogP contribution is -2.87. The average molecular weight is 380 g/mol. The van der Waals surface area contributed by atoms with Gasteiger partial charge in [0.2, 0.25) is 0 Å². The molecule has 0 saturated carbocycles. The Hall–Kier alpha value is -1.70. The smallest absolute Gasteiger partial charge is 0.277 e. The second-order valence-electron chi connectivity index (χ2n) is 6.41. The third-order valence-electron chi connectivity index (χ3n) is 4.69. The number of benzene rings is 1. The number of rotatable bonds is 6. The molecule has 1 aromatic heterocycles. The van der Waals surface area contributed by atoms with E-state index < -0.39 is 9.84 Å². The van der Waals surface area contributed by atoms with Crippen LogP contribution >= 0.6 is 11.3 Å². The Bertz CT molecular complexity index is 804. The van der Waals surface area contributed by atoms with E-state index in [1.807, 2.05) is 35.0 Å². The van der Waals surface area contributed by atoms with Gasteiger partial charge in [-0.15, -0.1) is 11.3 Å². The van der Waals surface area contributed by atoms with Crippen LogP contribution in [-0.2, 0) is 14.6 Å². The maximum Gasteiger partial charge on any atom is 0.277 e. The van der Waals surface area contributed by atoms with Crippen molar-refractivity contribution >= 4 is 27.1 Å². The van der Waals surface area contributed by atoms with E-state index in [9.17, 15) is 13.2 Å². The number of hydrogen-bond donors (Lipinski definition) is 1. The number of thiophene rings is 1. The molecule has 0 radical (unpaired) electrons. The van der Waals surface area contributed by atoms with Gasteiger partial charge in [-0.2, -0.15) is 0 Å². The molecule has 0 spiro atoms. The minimum absolute atomic E-state index is 0.0282. The molecule has 1 aromatic carbocycles. The molecule has 1 aliphatic heterocycles. The van der Waals surface area contributed by atoms with Gasteiger partial charge in [0.25, 0.3) is 5.91 Å². The van der Waals surface area contributed by atoms with Crippen LogP contribution in [0.1, 0.15) is 22.9 Å². The maximum atomic E-state index is 12.5. The summed E-state index contributed by atoms with van der Waals surface area (Å²) in [4.78, 5) is 15.4. The molecule has 25 heavy (non-hydrogen) atoms. The van der Waals surface area contributed by atoms with Gasteiger partial charge in [-0.3, -0.25) is 4.79 Å². The molecule has 2 atom stereocenters. The third kappa shape index (κ3) is 4.48. The fourth-order valence-electron chi connectivity index (χ4n) is 3.19. The summed E-state index contributed by atoms with van der Waals surface area (Å²) in [6.07, 6.45) is 0.539. The van der Waals surface area contributed by atoms with E-state index in [-0.39, 0.29) is 29.5 Å². The molecule has 1 saturated heterocycles. The number of nitrogens with two attached hydrogens (primary N) is 1. The van der Waals surface area contributed by atoms with Gasteiger partial charge in [0.05, 0.1) is 16.4 Å². The van der Waals surface area contributed by atoms with Crippen molar-refractivity contribution in [3.8, 4) is 0 Å². The first kappa shape index (κ1) is 18.1. The second-order valence-corrected chi connectivity index (χ2v) is 9.61. The monoisotopic (exact) mass is 379 g/mol. The van der Waals surface area contributed by atoms with Gasteiger partial charge in [-0.25, -0.2) is 8.42 Å². The third-order valence-corrected chi connectivity index (χ3v) is 7.39. The standard InChI is InChI=1S/C18H22N2O3S2/c1-20(15-9-11-25(22,23)13-15)17(21)12-19-18(16-8-5-10-24-16)14-6-3-2-4-7-14/h2-8,10,15,18-19H,9,11-13H2,1H3/p+1/t15-,18-/m0/s1. The molecule has 0 bridgehead atoms. The van der Waals surface area contributed by atoms with Crippen LogP contribution < -0.4 is 5.32 Å². The van der Waals surface area contributed by atoms with E-state index in [0.29, 0.717) is 13.0 Å². The summed E-state index contributed by atoms with van der Waals surface area (Å²) in [5.41, 5.74) is 1.16. The summed E-state index contributed by atoms with van der Waals surface area (Å²) < 4.78 is 23.3. The number of carbonyl (C=O) groups excluding carboxylic acids is 1. The van der Waals surface area contributed by atoms with Crippen LogP contribution in [0.4, 0.5) is 0 Å². The molecule has 1 fully saturated rings. The summed E-state index contributed by atoms with van der Waals surface area (Å²) >= 11 is 1.68. The van der Waals surface area contributed by atoms with Gasteiger partial charge in [0.15, 0.2) is 16.4 Å². The predicted octanol–water partition coefficient (Wildman–Crippen LogP) is 1.05.